The van der Waals surface area contributed by atoms with Crippen molar-refractivity contribution in [1.82, 2.24) is 0 Å². The SMILES string of the molecule is CC(=O)OC[C@H]1O[C@@H](OC(C)=O)[C@H](OCc2ccccc2)[C@@H](OCc2ccccc2)[C@H]1OCc1ccccc1. The van der Waals surface area contributed by atoms with Gasteiger partial charge in [-0.05, 0) is 16.7 Å². The van der Waals surface area contributed by atoms with Crippen LogP contribution in [-0.4, -0.2) is 49.3 Å². The number of benzene rings is 3. The van der Waals surface area contributed by atoms with Crippen molar-refractivity contribution in [1.29, 1.82) is 0 Å². The lowest BCUT2D eigenvalue weighted by Crippen LogP contribution is -2.62. The molecule has 0 N–H and O–H groups in total. The van der Waals surface area contributed by atoms with E-state index in [4.69, 9.17) is 28.4 Å². The van der Waals surface area contributed by atoms with Crippen LogP contribution in [0.25, 0.3) is 0 Å². The van der Waals surface area contributed by atoms with E-state index in [9.17, 15) is 9.59 Å². The van der Waals surface area contributed by atoms with Gasteiger partial charge in [-0.15, -0.1) is 0 Å². The highest BCUT2D eigenvalue weighted by molar-refractivity contribution is 5.66. The maximum Gasteiger partial charge on any atom is 0.305 e. The van der Waals surface area contributed by atoms with Gasteiger partial charge in [-0.2, -0.15) is 0 Å². The third-order valence-corrected chi connectivity index (χ3v) is 6.18. The average molecular weight is 535 g/mol. The van der Waals surface area contributed by atoms with Crippen LogP contribution in [0.2, 0.25) is 0 Å². The lowest BCUT2D eigenvalue weighted by atomic mass is 9.97. The Labute approximate surface area is 228 Å². The van der Waals surface area contributed by atoms with Gasteiger partial charge in [0.1, 0.15) is 31.0 Å². The largest absolute Gasteiger partial charge is 0.463 e. The first kappa shape index (κ1) is 28.4. The molecule has 1 saturated heterocycles. The minimum atomic E-state index is -1.11. The van der Waals surface area contributed by atoms with Crippen molar-refractivity contribution in [3.05, 3.63) is 108 Å². The lowest BCUT2D eigenvalue weighted by molar-refractivity contribution is -0.318. The van der Waals surface area contributed by atoms with Crippen molar-refractivity contribution in [2.24, 2.45) is 0 Å². The van der Waals surface area contributed by atoms with Gasteiger partial charge in [0.05, 0.1) is 19.8 Å². The second-order valence-electron chi connectivity index (χ2n) is 9.24. The minimum Gasteiger partial charge on any atom is -0.463 e. The number of carbonyl (C=O) groups excluding carboxylic acids is 2. The van der Waals surface area contributed by atoms with Crippen LogP contribution in [0.15, 0.2) is 91.0 Å². The first-order valence-electron chi connectivity index (χ1n) is 12.9. The maximum atomic E-state index is 12.1. The normalized spacial score (nSPS) is 22.7. The molecule has 0 spiro atoms. The molecule has 0 aromatic heterocycles. The highest BCUT2D eigenvalue weighted by Gasteiger charge is 2.50. The quantitative estimate of drug-likeness (QED) is 0.312. The summed E-state index contributed by atoms with van der Waals surface area (Å²) in [5, 5.41) is 0. The molecule has 0 radical (unpaired) electrons. The molecule has 8 nitrogen and oxygen atoms in total. The van der Waals surface area contributed by atoms with Crippen molar-refractivity contribution in [2.75, 3.05) is 6.61 Å². The summed E-state index contributed by atoms with van der Waals surface area (Å²) in [4.78, 5) is 23.8. The zero-order valence-corrected chi connectivity index (χ0v) is 22.1. The number of hydrogen-bond donors (Lipinski definition) is 0. The van der Waals surface area contributed by atoms with Crippen LogP contribution in [0.4, 0.5) is 0 Å². The fourth-order valence-electron chi connectivity index (χ4n) is 4.34. The Morgan fingerprint density at radius 2 is 1.05 bits per heavy atom. The van der Waals surface area contributed by atoms with E-state index < -0.39 is 42.6 Å². The Kier molecular flexibility index (Phi) is 10.6. The van der Waals surface area contributed by atoms with E-state index in [1.807, 2.05) is 91.0 Å². The molecule has 0 bridgehead atoms. The highest BCUT2D eigenvalue weighted by Crippen LogP contribution is 2.31. The molecule has 206 valence electrons. The molecule has 1 fully saturated rings. The Bertz CT molecular complexity index is 1150. The van der Waals surface area contributed by atoms with Gasteiger partial charge in [-0.25, -0.2) is 0 Å². The van der Waals surface area contributed by atoms with Crippen LogP contribution < -0.4 is 0 Å². The monoisotopic (exact) mass is 534 g/mol. The van der Waals surface area contributed by atoms with E-state index in [0.717, 1.165) is 16.7 Å². The molecule has 0 unspecified atom stereocenters. The number of ether oxygens (including phenoxy) is 6. The topological polar surface area (TPSA) is 89.5 Å². The van der Waals surface area contributed by atoms with Crippen molar-refractivity contribution in [3.8, 4) is 0 Å². The third kappa shape index (κ3) is 8.73. The highest BCUT2D eigenvalue weighted by atomic mass is 16.7. The summed E-state index contributed by atoms with van der Waals surface area (Å²) in [7, 11) is 0. The number of hydrogen-bond acceptors (Lipinski definition) is 8. The third-order valence-electron chi connectivity index (χ3n) is 6.18. The van der Waals surface area contributed by atoms with Gasteiger partial charge in [0.2, 0.25) is 6.29 Å². The molecule has 1 aliphatic heterocycles. The molecular weight excluding hydrogens is 500 g/mol. The Hall–Kier alpha value is -3.56. The number of rotatable bonds is 12. The smallest absolute Gasteiger partial charge is 0.305 e. The molecule has 1 aliphatic rings. The van der Waals surface area contributed by atoms with E-state index >= 15 is 0 Å². The Morgan fingerprint density at radius 3 is 1.49 bits per heavy atom. The molecule has 1 heterocycles. The minimum absolute atomic E-state index is 0.108. The van der Waals surface area contributed by atoms with Crippen LogP contribution in [0, 0.1) is 0 Å². The zero-order chi connectivity index (χ0) is 27.5. The van der Waals surface area contributed by atoms with E-state index in [0.29, 0.717) is 0 Å². The van der Waals surface area contributed by atoms with Gasteiger partial charge in [-0.3, -0.25) is 9.59 Å². The fraction of sp³-hybridized carbons (Fsp3) is 0.355. The van der Waals surface area contributed by atoms with E-state index in [1.54, 1.807) is 0 Å². The predicted octanol–water partition coefficient (Wildman–Crippen LogP) is 4.59. The molecule has 3 aromatic rings. The van der Waals surface area contributed by atoms with Crippen LogP contribution in [-0.2, 0) is 57.8 Å². The summed E-state index contributed by atoms with van der Waals surface area (Å²) < 4.78 is 36.2. The summed E-state index contributed by atoms with van der Waals surface area (Å²) in [5.74, 6) is -1.00. The average Bonchev–Trinajstić information content (AvgIpc) is 2.95. The summed E-state index contributed by atoms with van der Waals surface area (Å²) >= 11 is 0. The predicted molar refractivity (Wildman–Crippen MR) is 142 cm³/mol. The van der Waals surface area contributed by atoms with E-state index in [2.05, 4.69) is 0 Å². The van der Waals surface area contributed by atoms with Gasteiger partial charge in [-0.1, -0.05) is 91.0 Å². The molecule has 0 aliphatic carbocycles. The van der Waals surface area contributed by atoms with Crippen molar-refractivity contribution < 1.29 is 38.0 Å². The van der Waals surface area contributed by atoms with Crippen molar-refractivity contribution in [2.45, 2.75) is 64.4 Å². The first-order chi connectivity index (χ1) is 19.0. The molecule has 0 amide bonds. The Morgan fingerprint density at radius 1 is 0.615 bits per heavy atom. The van der Waals surface area contributed by atoms with Gasteiger partial charge < -0.3 is 28.4 Å². The molecule has 39 heavy (non-hydrogen) atoms. The van der Waals surface area contributed by atoms with Crippen molar-refractivity contribution in [3.63, 3.8) is 0 Å². The molecule has 3 aromatic carbocycles. The molecular formula is C31H34O8. The van der Waals surface area contributed by atoms with Gasteiger partial charge in [0, 0.05) is 13.8 Å². The first-order valence-corrected chi connectivity index (χ1v) is 12.9. The fourth-order valence-corrected chi connectivity index (χ4v) is 4.34. The van der Waals surface area contributed by atoms with Crippen LogP contribution in [0.1, 0.15) is 30.5 Å². The lowest BCUT2D eigenvalue weighted by Gasteiger charge is -2.45. The van der Waals surface area contributed by atoms with Crippen LogP contribution in [0.5, 0.6) is 0 Å². The van der Waals surface area contributed by atoms with E-state index in [-0.39, 0.29) is 26.4 Å². The van der Waals surface area contributed by atoms with Crippen LogP contribution in [0.3, 0.4) is 0 Å². The maximum absolute atomic E-state index is 12.1. The summed E-state index contributed by atoms with van der Waals surface area (Å²) in [5.41, 5.74) is 2.84. The van der Waals surface area contributed by atoms with Gasteiger partial charge in [0.25, 0.3) is 0 Å². The summed E-state index contributed by atoms with van der Waals surface area (Å²) in [6.45, 7) is 3.27. The number of carbonyl (C=O) groups is 2. The molecule has 0 saturated carbocycles. The summed E-state index contributed by atoms with van der Waals surface area (Å²) in [6.07, 6.45) is -4.15. The zero-order valence-electron chi connectivity index (χ0n) is 22.1. The number of esters is 2. The standard InChI is InChI=1S/C31H34O8/c1-22(32)34-21-27-28(35-18-24-12-6-3-7-13-24)29(36-19-25-14-8-4-9-15-25)30(31(39-27)38-23(2)33)37-20-26-16-10-5-11-17-26/h3-17,27-31H,18-21H2,1-2H3/t27-,28+,29+,30-,31-/m1/s1. The Balaban J connectivity index is 1.64. The van der Waals surface area contributed by atoms with E-state index in [1.165, 1.54) is 13.8 Å². The molecule has 8 heteroatoms. The molecule has 5 atom stereocenters. The van der Waals surface area contributed by atoms with Gasteiger partial charge in [0.15, 0.2) is 0 Å². The molecule has 4 rings (SSSR count). The van der Waals surface area contributed by atoms with Crippen molar-refractivity contribution >= 4 is 11.9 Å². The second kappa shape index (κ2) is 14.6. The van der Waals surface area contributed by atoms with Crippen LogP contribution >= 0.6 is 0 Å². The summed E-state index contributed by atoms with van der Waals surface area (Å²) in [6, 6.07) is 29.1. The second-order valence-corrected chi connectivity index (χ2v) is 9.24. The van der Waals surface area contributed by atoms with Gasteiger partial charge >= 0.3 is 11.9 Å².